The highest BCUT2D eigenvalue weighted by Gasteiger charge is 2.50. The van der Waals surface area contributed by atoms with E-state index in [-0.39, 0.29) is 5.56 Å². The van der Waals surface area contributed by atoms with Crippen LogP contribution in [0, 0.1) is 11.3 Å². The number of para-hydroxylation sites is 1. The Labute approximate surface area is 135 Å². The minimum Gasteiger partial charge on any atom is -0.303 e. The van der Waals surface area contributed by atoms with Crippen LogP contribution in [0.15, 0.2) is 60.7 Å². The number of ketones is 1. The summed E-state index contributed by atoms with van der Waals surface area (Å²) >= 11 is 0. The quantitative estimate of drug-likeness (QED) is 0.499. The molecule has 1 amide bonds. The third-order valence-corrected chi connectivity index (χ3v) is 3.31. The number of alkyl halides is 3. The van der Waals surface area contributed by atoms with Gasteiger partial charge in [0.2, 0.25) is 0 Å². The van der Waals surface area contributed by atoms with Gasteiger partial charge in [0.05, 0.1) is 5.71 Å². The minimum absolute atomic E-state index is 0.0925. The van der Waals surface area contributed by atoms with E-state index in [1.807, 2.05) is 0 Å². The van der Waals surface area contributed by atoms with Crippen LogP contribution in [0.25, 0.3) is 0 Å². The monoisotopic (exact) mass is 335 g/mol. The van der Waals surface area contributed by atoms with E-state index < -0.39 is 29.5 Å². The van der Waals surface area contributed by atoms with Crippen molar-refractivity contribution in [3.63, 3.8) is 0 Å². The Bertz CT molecular complexity index is 743. The molecule has 2 rings (SSSR count). The molecule has 0 aliphatic rings. The Kier molecular flexibility index (Phi) is 5.25. The van der Waals surface area contributed by atoms with Crippen molar-refractivity contribution >= 4 is 23.1 Å². The van der Waals surface area contributed by atoms with Crippen LogP contribution >= 0.6 is 0 Å². The molecule has 1 atom stereocenters. The number of carbonyl (C=O) groups is 2. The number of carbonyl (C=O) groups excluding carboxylic acids is 2. The highest BCUT2D eigenvalue weighted by atomic mass is 19.4. The van der Waals surface area contributed by atoms with E-state index in [0.717, 1.165) is 5.32 Å². The molecular weight excluding hydrogens is 321 g/mol. The fourth-order valence-electron chi connectivity index (χ4n) is 2.15. The van der Waals surface area contributed by atoms with Gasteiger partial charge in [-0.15, -0.1) is 0 Å². The number of amides is 1. The standard InChI is InChI=1S/C17H13F3N2O2/c18-17(19,20)15(23)13(14(21)11-7-3-1-4-8-11)16(24)22-12-9-5-2-6-10-12/h1-10,13,21H,(H,22,24)/p+1. The molecule has 7 heteroatoms. The Morgan fingerprint density at radius 2 is 1.42 bits per heavy atom. The van der Waals surface area contributed by atoms with Gasteiger partial charge in [0, 0.05) is 0 Å². The topological polar surface area (TPSA) is 74.6 Å². The lowest BCUT2D eigenvalue weighted by atomic mass is 9.91. The lowest BCUT2D eigenvalue weighted by Crippen LogP contribution is -2.85. The van der Waals surface area contributed by atoms with E-state index in [0.29, 0.717) is 5.69 Å². The second kappa shape index (κ2) is 7.18. The molecule has 0 saturated carbocycles. The number of nitrogens with two attached hydrogens (primary N) is 1. The summed E-state index contributed by atoms with van der Waals surface area (Å²) in [5.74, 6) is -5.53. The molecule has 0 saturated heterocycles. The van der Waals surface area contributed by atoms with Gasteiger partial charge in [0.1, 0.15) is 5.69 Å². The zero-order valence-corrected chi connectivity index (χ0v) is 12.4. The Morgan fingerprint density at radius 3 is 1.92 bits per heavy atom. The normalized spacial score (nSPS) is 12.5. The highest BCUT2D eigenvalue weighted by molar-refractivity contribution is 6.24. The third-order valence-electron chi connectivity index (χ3n) is 3.31. The second-order valence-electron chi connectivity index (χ2n) is 5.03. The van der Waals surface area contributed by atoms with Gasteiger partial charge in [-0.1, -0.05) is 48.5 Å². The minimum atomic E-state index is -5.20. The van der Waals surface area contributed by atoms with Crippen LogP contribution in [0.1, 0.15) is 5.56 Å². The molecule has 124 valence electrons. The predicted octanol–water partition coefficient (Wildman–Crippen LogP) is 2.22. The number of hydrogen-bond acceptors (Lipinski definition) is 3. The molecule has 24 heavy (non-hydrogen) atoms. The fourth-order valence-corrected chi connectivity index (χ4v) is 2.15. The molecule has 0 bridgehead atoms. The lowest BCUT2D eigenvalue weighted by molar-refractivity contribution is -0.485. The third kappa shape index (κ3) is 4.14. The fraction of sp³-hybridized carbons (Fsp3) is 0.118. The van der Waals surface area contributed by atoms with E-state index in [1.165, 1.54) is 36.4 Å². The van der Waals surface area contributed by atoms with E-state index in [1.54, 1.807) is 24.3 Å². The summed E-state index contributed by atoms with van der Waals surface area (Å²) in [7, 11) is 0. The average Bonchev–Trinajstić information content (AvgIpc) is 2.55. The first-order chi connectivity index (χ1) is 11.3. The SMILES string of the molecule is N=C(c1ccccc1)C(C(=O)[NH2+]c1ccccc1)C(=O)C(F)(F)F. The first kappa shape index (κ1) is 17.6. The van der Waals surface area contributed by atoms with Crippen molar-refractivity contribution in [2.45, 2.75) is 6.18 Å². The summed E-state index contributed by atoms with van der Waals surface area (Å²) in [6, 6.07) is 15.4. The number of benzene rings is 2. The summed E-state index contributed by atoms with van der Waals surface area (Å²) in [6.45, 7) is 0. The summed E-state index contributed by atoms with van der Waals surface area (Å²) < 4.78 is 38.6. The maximum Gasteiger partial charge on any atom is 0.451 e. The van der Waals surface area contributed by atoms with Crippen LogP contribution in [0.3, 0.4) is 0 Å². The molecule has 3 N–H and O–H groups in total. The van der Waals surface area contributed by atoms with Crippen molar-refractivity contribution in [2.24, 2.45) is 5.92 Å². The van der Waals surface area contributed by atoms with Gasteiger partial charge in [0.15, 0.2) is 5.92 Å². The molecular formula is C17H14F3N2O2+. The molecule has 0 aliphatic heterocycles. The first-order valence-electron chi connectivity index (χ1n) is 6.99. The van der Waals surface area contributed by atoms with Crippen LogP contribution in [-0.4, -0.2) is 23.6 Å². The Balaban J connectivity index is 2.34. The van der Waals surface area contributed by atoms with Crippen molar-refractivity contribution in [3.8, 4) is 0 Å². The Hall–Kier alpha value is -2.80. The number of Topliss-reactive ketones (excluding diaryl/α,β-unsaturated/α-hetero) is 1. The first-order valence-corrected chi connectivity index (χ1v) is 6.99. The van der Waals surface area contributed by atoms with Crippen LogP contribution in [0.5, 0.6) is 0 Å². The van der Waals surface area contributed by atoms with Gasteiger partial charge in [-0.2, -0.15) is 13.2 Å². The van der Waals surface area contributed by atoms with Crippen molar-refractivity contribution in [3.05, 3.63) is 66.2 Å². The van der Waals surface area contributed by atoms with E-state index in [4.69, 9.17) is 5.41 Å². The van der Waals surface area contributed by atoms with Crippen molar-refractivity contribution in [1.29, 1.82) is 5.41 Å². The number of quaternary nitrogens is 1. The molecule has 0 aliphatic carbocycles. The van der Waals surface area contributed by atoms with E-state index in [9.17, 15) is 22.8 Å². The van der Waals surface area contributed by atoms with Crippen molar-refractivity contribution in [1.82, 2.24) is 0 Å². The van der Waals surface area contributed by atoms with Crippen LogP contribution in [0.4, 0.5) is 18.9 Å². The molecule has 4 nitrogen and oxygen atoms in total. The smallest absolute Gasteiger partial charge is 0.303 e. The maximum absolute atomic E-state index is 12.9. The summed E-state index contributed by atoms with van der Waals surface area (Å²) in [6.07, 6.45) is -5.20. The molecule has 0 radical (unpaired) electrons. The molecule has 0 aromatic heterocycles. The van der Waals surface area contributed by atoms with E-state index in [2.05, 4.69) is 0 Å². The van der Waals surface area contributed by atoms with Crippen LogP contribution in [-0.2, 0) is 9.59 Å². The number of hydrogen-bond donors (Lipinski definition) is 2. The average molecular weight is 335 g/mol. The van der Waals surface area contributed by atoms with Crippen molar-refractivity contribution in [2.75, 3.05) is 0 Å². The molecule has 2 aromatic rings. The highest BCUT2D eigenvalue weighted by Crippen LogP contribution is 2.23. The molecule has 0 fully saturated rings. The molecule has 2 aromatic carbocycles. The van der Waals surface area contributed by atoms with Gasteiger partial charge in [0.25, 0.3) is 5.78 Å². The van der Waals surface area contributed by atoms with Crippen LogP contribution < -0.4 is 5.32 Å². The zero-order chi connectivity index (χ0) is 17.7. The lowest BCUT2D eigenvalue weighted by Gasteiger charge is -2.15. The maximum atomic E-state index is 12.9. The molecule has 1 unspecified atom stereocenters. The summed E-state index contributed by atoms with van der Waals surface area (Å²) in [4.78, 5) is 24.0. The van der Waals surface area contributed by atoms with Crippen LogP contribution in [0.2, 0.25) is 0 Å². The zero-order valence-electron chi connectivity index (χ0n) is 12.4. The number of primary amides is 1. The van der Waals surface area contributed by atoms with E-state index >= 15 is 0 Å². The number of halogens is 3. The van der Waals surface area contributed by atoms with Gasteiger partial charge in [-0.05, 0) is 17.7 Å². The van der Waals surface area contributed by atoms with Gasteiger partial charge < -0.3 is 5.41 Å². The largest absolute Gasteiger partial charge is 0.451 e. The number of rotatable bonds is 5. The summed E-state index contributed by atoms with van der Waals surface area (Å²) in [5, 5.41) is 8.88. The predicted molar refractivity (Wildman–Crippen MR) is 80.9 cm³/mol. The Morgan fingerprint density at radius 1 is 0.917 bits per heavy atom. The van der Waals surface area contributed by atoms with Gasteiger partial charge >= 0.3 is 12.1 Å². The molecule has 0 spiro atoms. The number of nitrogens with one attached hydrogen (secondary N) is 1. The second-order valence-corrected chi connectivity index (χ2v) is 5.03. The summed E-state index contributed by atoms with van der Waals surface area (Å²) in [5.41, 5.74) is -0.214. The molecule has 0 heterocycles. The van der Waals surface area contributed by atoms with Gasteiger partial charge in [-0.3, -0.25) is 4.79 Å². The van der Waals surface area contributed by atoms with Gasteiger partial charge in [-0.25, -0.2) is 10.1 Å². The van der Waals surface area contributed by atoms with Crippen molar-refractivity contribution < 1.29 is 28.1 Å².